The van der Waals surface area contributed by atoms with Crippen molar-refractivity contribution >= 4 is 28.4 Å². The first kappa shape index (κ1) is 17.1. The van der Waals surface area contributed by atoms with Crippen molar-refractivity contribution < 1.29 is 10.0 Å². The van der Waals surface area contributed by atoms with Crippen LogP contribution in [0.1, 0.15) is 5.56 Å². The summed E-state index contributed by atoms with van der Waals surface area (Å²) in [5.41, 5.74) is 3.08. The number of hydrogen-bond acceptors (Lipinski definition) is 6. The lowest BCUT2D eigenvalue weighted by Crippen LogP contribution is -1.96. The van der Waals surface area contributed by atoms with E-state index >= 15 is 0 Å². The van der Waals surface area contributed by atoms with E-state index in [9.17, 15) is 15.2 Å². The van der Waals surface area contributed by atoms with Crippen LogP contribution in [0.3, 0.4) is 0 Å². The Morgan fingerprint density at radius 1 is 1.00 bits per heavy atom. The van der Waals surface area contributed by atoms with Gasteiger partial charge in [-0.3, -0.25) is 10.1 Å². The minimum Gasteiger partial charge on any atom is -0.506 e. The van der Waals surface area contributed by atoms with Crippen LogP contribution in [0.25, 0.3) is 0 Å². The minimum absolute atomic E-state index is 0.00573. The molecule has 0 radical (unpaired) electrons. The SMILES string of the molecule is Cc1ccc(O)c(N=Nc2ccc(Nc3ccccc3[N+](=O)[O-])cc2)c1. The first-order chi connectivity index (χ1) is 12.5. The van der Waals surface area contributed by atoms with Crippen LogP contribution in [0.15, 0.2) is 77.0 Å². The first-order valence-corrected chi connectivity index (χ1v) is 7.85. The predicted molar refractivity (Wildman–Crippen MR) is 99.8 cm³/mol. The average Bonchev–Trinajstić information content (AvgIpc) is 2.64. The van der Waals surface area contributed by atoms with E-state index in [1.807, 2.05) is 6.92 Å². The summed E-state index contributed by atoms with van der Waals surface area (Å²) in [5.74, 6) is 0.0639. The van der Waals surface area contributed by atoms with Crippen molar-refractivity contribution in [3.63, 3.8) is 0 Å². The zero-order chi connectivity index (χ0) is 18.5. The molecule has 7 heteroatoms. The highest BCUT2D eigenvalue weighted by Crippen LogP contribution is 2.30. The number of aryl methyl sites for hydroxylation is 1. The maximum absolute atomic E-state index is 11.1. The molecule has 3 aromatic carbocycles. The van der Waals surface area contributed by atoms with Gasteiger partial charge < -0.3 is 10.4 Å². The van der Waals surface area contributed by atoms with Crippen LogP contribution in [-0.4, -0.2) is 10.0 Å². The van der Waals surface area contributed by atoms with Crippen molar-refractivity contribution in [2.45, 2.75) is 6.92 Å². The van der Waals surface area contributed by atoms with Crippen molar-refractivity contribution in [2.24, 2.45) is 10.2 Å². The summed E-state index contributed by atoms with van der Waals surface area (Å²) in [6.45, 7) is 1.90. The highest BCUT2D eigenvalue weighted by atomic mass is 16.6. The molecule has 2 N–H and O–H groups in total. The third kappa shape index (κ3) is 4.02. The zero-order valence-electron chi connectivity index (χ0n) is 14.0. The molecule has 0 fully saturated rings. The van der Waals surface area contributed by atoms with Gasteiger partial charge in [0, 0.05) is 11.8 Å². The number of benzene rings is 3. The number of hydrogen-bond donors (Lipinski definition) is 2. The van der Waals surface area contributed by atoms with E-state index < -0.39 is 4.92 Å². The Bertz CT molecular complexity index is 969. The van der Waals surface area contributed by atoms with Crippen LogP contribution in [0.4, 0.5) is 28.4 Å². The lowest BCUT2D eigenvalue weighted by atomic mass is 10.2. The topological polar surface area (TPSA) is 100 Å². The van der Waals surface area contributed by atoms with Gasteiger partial charge in [0.25, 0.3) is 5.69 Å². The summed E-state index contributed by atoms with van der Waals surface area (Å²) >= 11 is 0. The number of phenols is 1. The molecule has 26 heavy (non-hydrogen) atoms. The summed E-state index contributed by atoms with van der Waals surface area (Å²) in [5, 5.41) is 32.0. The Morgan fingerprint density at radius 3 is 2.46 bits per heavy atom. The summed E-state index contributed by atoms with van der Waals surface area (Å²) in [6, 6.07) is 18.5. The molecule has 0 spiro atoms. The summed E-state index contributed by atoms with van der Waals surface area (Å²) in [4.78, 5) is 10.6. The Hall–Kier alpha value is -3.74. The van der Waals surface area contributed by atoms with E-state index in [1.54, 1.807) is 60.7 Å². The molecule has 0 saturated carbocycles. The van der Waals surface area contributed by atoms with Crippen molar-refractivity contribution in [1.82, 2.24) is 0 Å². The van der Waals surface area contributed by atoms with Gasteiger partial charge in [-0.25, -0.2) is 0 Å². The molecule has 0 aliphatic carbocycles. The monoisotopic (exact) mass is 348 g/mol. The van der Waals surface area contributed by atoms with Gasteiger partial charge in [0.05, 0.1) is 10.6 Å². The number of rotatable bonds is 5. The van der Waals surface area contributed by atoms with Crippen LogP contribution in [0, 0.1) is 17.0 Å². The molecule has 0 atom stereocenters. The van der Waals surface area contributed by atoms with E-state index in [0.717, 1.165) is 5.56 Å². The Morgan fingerprint density at radius 2 is 1.73 bits per heavy atom. The van der Waals surface area contributed by atoms with Crippen LogP contribution >= 0.6 is 0 Å². The number of nitro groups is 1. The van der Waals surface area contributed by atoms with Gasteiger partial charge in [0.1, 0.15) is 17.1 Å². The van der Waals surface area contributed by atoms with Gasteiger partial charge >= 0.3 is 0 Å². The molecular weight excluding hydrogens is 332 g/mol. The summed E-state index contributed by atoms with van der Waals surface area (Å²) in [7, 11) is 0. The Kier molecular flexibility index (Phi) is 4.89. The molecule has 0 aliphatic rings. The van der Waals surface area contributed by atoms with Gasteiger partial charge in [0.15, 0.2) is 0 Å². The number of para-hydroxylation sites is 2. The van der Waals surface area contributed by atoms with E-state index in [4.69, 9.17) is 0 Å². The number of aromatic hydroxyl groups is 1. The molecule has 3 aromatic rings. The van der Waals surface area contributed by atoms with Crippen molar-refractivity contribution in [1.29, 1.82) is 0 Å². The maximum Gasteiger partial charge on any atom is 0.292 e. The highest BCUT2D eigenvalue weighted by Gasteiger charge is 2.12. The smallest absolute Gasteiger partial charge is 0.292 e. The number of anilines is 2. The van der Waals surface area contributed by atoms with Gasteiger partial charge in [-0.2, -0.15) is 5.11 Å². The second-order valence-corrected chi connectivity index (χ2v) is 5.64. The lowest BCUT2D eigenvalue weighted by Gasteiger charge is -2.07. The zero-order valence-corrected chi connectivity index (χ0v) is 14.0. The average molecular weight is 348 g/mol. The summed E-state index contributed by atoms with van der Waals surface area (Å²) < 4.78 is 0. The van der Waals surface area contributed by atoms with E-state index in [1.165, 1.54) is 6.07 Å². The number of nitrogens with one attached hydrogen (secondary N) is 1. The number of nitro benzene ring substituents is 1. The minimum atomic E-state index is -0.431. The fourth-order valence-corrected chi connectivity index (χ4v) is 2.33. The molecule has 0 heterocycles. The third-order valence-electron chi connectivity index (χ3n) is 3.65. The first-order valence-electron chi connectivity index (χ1n) is 7.85. The van der Waals surface area contributed by atoms with E-state index in [0.29, 0.717) is 22.7 Å². The molecule has 0 aromatic heterocycles. The van der Waals surface area contributed by atoms with Gasteiger partial charge in [-0.1, -0.05) is 18.2 Å². The van der Waals surface area contributed by atoms with Crippen LogP contribution in [-0.2, 0) is 0 Å². The van der Waals surface area contributed by atoms with Crippen LogP contribution < -0.4 is 5.32 Å². The highest BCUT2D eigenvalue weighted by molar-refractivity contribution is 5.70. The number of phenolic OH excluding ortho intramolecular Hbond substituents is 1. The normalized spacial score (nSPS) is 10.8. The molecule has 0 saturated heterocycles. The fraction of sp³-hybridized carbons (Fsp3) is 0.0526. The Balaban J connectivity index is 1.76. The molecule has 0 amide bonds. The fourth-order valence-electron chi connectivity index (χ4n) is 2.33. The number of nitrogens with zero attached hydrogens (tertiary/aromatic N) is 3. The quantitative estimate of drug-likeness (QED) is 0.347. The van der Waals surface area contributed by atoms with E-state index in [-0.39, 0.29) is 11.4 Å². The van der Waals surface area contributed by atoms with E-state index in [2.05, 4.69) is 15.5 Å². The lowest BCUT2D eigenvalue weighted by molar-refractivity contribution is -0.383. The summed E-state index contributed by atoms with van der Waals surface area (Å²) in [6.07, 6.45) is 0. The Labute approximate surface area is 149 Å². The predicted octanol–water partition coefficient (Wildman–Crippen LogP) is 5.77. The van der Waals surface area contributed by atoms with Gasteiger partial charge in [0.2, 0.25) is 0 Å². The molecule has 0 aliphatic heterocycles. The number of azo groups is 1. The largest absolute Gasteiger partial charge is 0.506 e. The van der Waals surface area contributed by atoms with Gasteiger partial charge in [-0.15, -0.1) is 5.11 Å². The van der Waals surface area contributed by atoms with Crippen molar-refractivity contribution in [3.05, 3.63) is 82.4 Å². The van der Waals surface area contributed by atoms with Crippen LogP contribution in [0.5, 0.6) is 5.75 Å². The maximum atomic E-state index is 11.1. The molecule has 7 nitrogen and oxygen atoms in total. The van der Waals surface area contributed by atoms with Crippen molar-refractivity contribution in [2.75, 3.05) is 5.32 Å². The standard InChI is InChI=1S/C19H16N4O3/c1-13-6-11-19(24)17(12-13)22-21-15-9-7-14(8-10-15)20-16-4-2-3-5-18(16)23(25)26/h2-12,20,24H,1H3. The molecule has 0 bridgehead atoms. The molecule has 0 unspecified atom stereocenters. The second kappa shape index (κ2) is 7.43. The molecular formula is C19H16N4O3. The third-order valence-corrected chi connectivity index (χ3v) is 3.65. The molecule has 3 rings (SSSR count). The second-order valence-electron chi connectivity index (χ2n) is 5.64. The molecule has 130 valence electrons. The van der Waals surface area contributed by atoms with Crippen molar-refractivity contribution in [3.8, 4) is 5.75 Å². The van der Waals surface area contributed by atoms with Crippen LogP contribution in [0.2, 0.25) is 0 Å². The van der Waals surface area contributed by atoms with Gasteiger partial charge in [-0.05, 0) is 55.0 Å².